The highest BCUT2D eigenvalue weighted by Gasteiger charge is 1.80. The molecule has 0 bridgehead atoms. The first-order chi connectivity index (χ1) is 6.29. The SMILES string of the molecule is CC(C)=C[SiH2]C#Cc1ccccc1. The van der Waals surface area contributed by atoms with Crippen LogP contribution in [0, 0.1) is 11.5 Å². The number of allylic oxidation sites excluding steroid dienone is 1. The number of benzene rings is 1. The molecule has 0 saturated carbocycles. The maximum absolute atomic E-state index is 3.25. The lowest BCUT2D eigenvalue weighted by atomic mass is 10.2. The standard InChI is InChI=1S/C12H14Si/c1-11(2)10-13-9-8-12-6-4-3-5-7-12/h3-7,10H,13H2,1-2H3. The third-order valence-electron chi connectivity index (χ3n) is 1.62. The normalized spacial score (nSPS) is 9.38. The van der Waals surface area contributed by atoms with E-state index in [-0.39, 0.29) is 9.52 Å². The highest BCUT2D eigenvalue weighted by Crippen LogP contribution is 1.94. The van der Waals surface area contributed by atoms with E-state index in [2.05, 4.69) is 31.0 Å². The molecule has 0 aliphatic heterocycles. The molecule has 0 spiro atoms. The zero-order chi connectivity index (χ0) is 9.52. The van der Waals surface area contributed by atoms with Gasteiger partial charge in [0.25, 0.3) is 0 Å². The summed E-state index contributed by atoms with van der Waals surface area (Å²) in [6.45, 7) is 4.24. The molecule has 0 fully saturated rings. The van der Waals surface area contributed by atoms with Crippen LogP contribution in [0.25, 0.3) is 0 Å². The van der Waals surface area contributed by atoms with E-state index in [9.17, 15) is 0 Å². The highest BCUT2D eigenvalue weighted by atomic mass is 28.2. The predicted molar refractivity (Wildman–Crippen MR) is 61.3 cm³/mol. The molecule has 0 aromatic heterocycles. The molecule has 1 aromatic carbocycles. The van der Waals surface area contributed by atoms with Crippen LogP contribution in [-0.4, -0.2) is 9.52 Å². The van der Waals surface area contributed by atoms with Crippen molar-refractivity contribution in [2.24, 2.45) is 0 Å². The van der Waals surface area contributed by atoms with Crippen LogP contribution in [0.4, 0.5) is 0 Å². The quantitative estimate of drug-likeness (QED) is 0.465. The van der Waals surface area contributed by atoms with Crippen molar-refractivity contribution in [2.45, 2.75) is 13.8 Å². The first-order valence-corrected chi connectivity index (χ1v) is 5.98. The van der Waals surface area contributed by atoms with Gasteiger partial charge in [0.2, 0.25) is 0 Å². The second-order valence-electron chi connectivity index (χ2n) is 3.15. The Morgan fingerprint density at radius 2 is 1.92 bits per heavy atom. The molecule has 1 rings (SSSR count). The smallest absolute Gasteiger partial charge is 0.129 e. The summed E-state index contributed by atoms with van der Waals surface area (Å²) in [6, 6.07) is 10.1. The molecule has 0 unspecified atom stereocenters. The third kappa shape index (κ3) is 4.34. The summed E-state index contributed by atoms with van der Waals surface area (Å²) in [5.74, 6) is 3.17. The van der Waals surface area contributed by atoms with Crippen molar-refractivity contribution in [3.05, 3.63) is 47.2 Å². The molecule has 0 atom stereocenters. The van der Waals surface area contributed by atoms with E-state index in [0.29, 0.717) is 0 Å². The second-order valence-corrected chi connectivity index (χ2v) is 4.32. The first-order valence-electron chi connectivity index (χ1n) is 4.46. The summed E-state index contributed by atoms with van der Waals surface area (Å²) in [7, 11) is -0.303. The van der Waals surface area contributed by atoms with Crippen LogP contribution in [0.3, 0.4) is 0 Å². The van der Waals surface area contributed by atoms with Gasteiger partial charge in [0.15, 0.2) is 0 Å². The fourth-order valence-corrected chi connectivity index (χ4v) is 1.75. The van der Waals surface area contributed by atoms with Gasteiger partial charge in [-0.3, -0.25) is 0 Å². The number of rotatable bonds is 1. The van der Waals surface area contributed by atoms with Gasteiger partial charge in [-0.05, 0) is 26.0 Å². The Bertz CT molecular complexity index is 334. The monoisotopic (exact) mass is 186 g/mol. The average molecular weight is 186 g/mol. The van der Waals surface area contributed by atoms with Crippen LogP contribution in [0.2, 0.25) is 0 Å². The molecule has 0 aliphatic rings. The molecule has 0 nitrogen and oxygen atoms in total. The molecule has 1 heteroatoms. The molecule has 13 heavy (non-hydrogen) atoms. The van der Waals surface area contributed by atoms with E-state index < -0.39 is 0 Å². The van der Waals surface area contributed by atoms with Crippen molar-refractivity contribution in [3.63, 3.8) is 0 Å². The Balaban J connectivity index is 2.54. The summed E-state index contributed by atoms with van der Waals surface area (Å²) in [5, 5.41) is 0. The second kappa shape index (κ2) is 5.39. The Morgan fingerprint density at radius 1 is 1.23 bits per heavy atom. The minimum Gasteiger partial charge on any atom is -0.129 e. The fraction of sp³-hybridized carbons (Fsp3) is 0.167. The molecular formula is C12H14Si. The zero-order valence-electron chi connectivity index (χ0n) is 8.17. The summed E-state index contributed by atoms with van der Waals surface area (Å²) in [4.78, 5) is 0. The van der Waals surface area contributed by atoms with Gasteiger partial charge in [0.1, 0.15) is 9.52 Å². The summed E-state index contributed by atoms with van der Waals surface area (Å²) < 4.78 is 0. The molecule has 0 radical (unpaired) electrons. The van der Waals surface area contributed by atoms with Gasteiger partial charge in [0.05, 0.1) is 0 Å². The molecular weight excluding hydrogens is 172 g/mol. The maximum atomic E-state index is 3.25. The van der Waals surface area contributed by atoms with Crippen molar-refractivity contribution >= 4 is 9.52 Å². The van der Waals surface area contributed by atoms with Crippen LogP contribution < -0.4 is 0 Å². The Kier molecular flexibility index (Phi) is 4.08. The number of hydrogen-bond donors (Lipinski definition) is 0. The average Bonchev–Trinajstić information content (AvgIpc) is 2.14. The van der Waals surface area contributed by atoms with E-state index in [1.54, 1.807) is 0 Å². The van der Waals surface area contributed by atoms with Crippen molar-refractivity contribution in [1.82, 2.24) is 0 Å². The van der Waals surface area contributed by atoms with E-state index in [4.69, 9.17) is 0 Å². The van der Waals surface area contributed by atoms with Gasteiger partial charge in [-0.25, -0.2) is 0 Å². The van der Waals surface area contributed by atoms with Gasteiger partial charge >= 0.3 is 0 Å². The highest BCUT2D eigenvalue weighted by molar-refractivity contribution is 6.52. The van der Waals surface area contributed by atoms with E-state index in [0.717, 1.165) is 5.56 Å². The topological polar surface area (TPSA) is 0 Å². The predicted octanol–water partition coefficient (Wildman–Crippen LogP) is 2.09. The van der Waals surface area contributed by atoms with Crippen molar-refractivity contribution < 1.29 is 0 Å². The number of hydrogen-bond acceptors (Lipinski definition) is 0. The van der Waals surface area contributed by atoms with Crippen LogP contribution in [-0.2, 0) is 0 Å². The van der Waals surface area contributed by atoms with E-state index in [1.165, 1.54) is 5.57 Å². The minimum absolute atomic E-state index is 0.303. The van der Waals surface area contributed by atoms with Gasteiger partial charge in [-0.1, -0.05) is 35.4 Å². The molecule has 1 aromatic rings. The lowest BCUT2D eigenvalue weighted by molar-refractivity contribution is 1.41. The molecule has 66 valence electrons. The minimum atomic E-state index is -0.303. The molecule has 0 aliphatic carbocycles. The summed E-state index contributed by atoms with van der Waals surface area (Å²) in [5.41, 5.74) is 8.02. The van der Waals surface area contributed by atoms with Crippen molar-refractivity contribution in [1.29, 1.82) is 0 Å². The first kappa shape index (κ1) is 9.82. The lowest BCUT2D eigenvalue weighted by Gasteiger charge is -1.86. The van der Waals surface area contributed by atoms with Gasteiger partial charge in [-0.2, -0.15) is 0 Å². The molecule has 0 N–H and O–H groups in total. The summed E-state index contributed by atoms with van der Waals surface area (Å²) in [6.07, 6.45) is 0. The van der Waals surface area contributed by atoms with Crippen LogP contribution in [0.15, 0.2) is 41.6 Å². The maximum Gasteiger partial charge on any atom is 0.130 e. The Morgan fingerprint density at radius 3 is 2.54 bits per heavy atom. The van der Waals surface area contributed by atoms with Crippen LogP contribution >= 0.6 is 0 Å². The third-order valence-corrected chi connectivity index (χ3v) is 3.02. The Labute approximate surface area is 82.5 Å². The Hall–Kier alpha value is -1.26. The largest absolute Gasteiger partial charge is 0.130 e. The van der Waals surface area contributed by atoms with Crippen molar-refractivity contribution in [3.8, 4) is 11.5 Å². The lowest BCUT2D eigenvalue weighted by Crippen LogP contribution is -1.80. The fourth-order valence-electron chi connectivity index (χ4n) is 0.930. The molecule has 0 amide bonds. The van der Waals surface area contributed by atoms with Crippen LogP contribution in [0.5, 0.6) is 0 Å². The summed E-state index contributed by atoms with van der Waals surface area (Å²) >= 11 is 0. The van der Waals surface area contributed by atoms with Crippen molar-refractivity contribution in [2.75, 3.05) is 0 Å². The zero-order valence-corrected chi connectivity index (χ0v) is 9.59. The molecule has 0 saturated heterocycles. The van der Waals surface area contributed by atoms with E-state index in [1.807, 2.05) is 30.3 Å². The van der Waals surface area contributed by atoms with Crippen LogP contribution in [0.1, 0.15) is 19.4 Å². The van der Waals surface area contributed by atoms with Gasteiger partial charge < -0.3 is 0 Å². The van der Waals surface area contributed by atoms with Gasteiger partial charge in [-0.15, -0.1) is 5.54 Å². The van der Waals surface area contributed by atoms with Gasteiger partial charge in [0, 0.05) is 5.56 Å². The molecule has 0 heterocycles. The van der Waals surface area contributed by atoms with E-state index >= 15 is 0 Å².